The summed E-state index contributed by atoms with van der Waals surface area (Å²) in [7, 11) is -3.53. The van der Waals surface area contributed by atoms with Gasteiger partial charge in [-0.1, -0.05) is 31.1 Å². The molecule has 2 fully saturated rings. The third-order valence-electron chi connectivity index (χ3n) is 6.25. The monoisotopic (exact) mass is 388 g/mol. The molecule has 3 aliphatic rings. The van der Waals surface area contributed by atoms with Crippen LogP contribution in [-0.2, 0) is 14.8 Å². The molecule has 1 saturated heterocycles. The maximum atomic E-state index is 13.2. The molecule has 0 aromatic heterocycles. The van der Waals surface area contributed by atoms with Crippen molar-refractivity contribution in [3.63, 3.8) is 0 Å². The normalized spacial score (nSPS) is 28.3. The molecule has 1 amide bonds. The number of rotatable bonds is 4. The maximum Gasteiger partial charge on any atom is 0.243 e. The van der Waals surface area contributed by atoms with Gasteiger partial charge in [0, 0.05) is 24.7 Å². The van der Waals surface area contributed by atoms with Gasteiger partial charge in [-0.15, -0.1) is 0 Å². The third-order valence-corrected chi connectivity index (χ3v) is 8.29. The standard InChI is InChI=1S/C21H28N2O3S/c1-15-6-9-18(22-21(24)19-13-16-7-8-17(19)12-16)14-20(15)27(25,26)23-10-4-2-3-5-11-23/h6-9,14,16-17,19H,2-5,10-13H2,1H3,(H,22,24)/t16-,17+,19-/m0/s1. The fraction of sp³-hybridized carbons (Fsp3) is 0.571. The van der Waals surface area contributed by atoms with Gasteiger partial charge in [-0.3, -0.25) is 4.79 Å². The SMILES string of the molecule is Cc1ccc(NC(=O)[C@H]2C[C@H]3C=C[C@@H]2C3)cc1S(=O)(=O)N1CCCCCC1. The maximum absolute atomic E-state index is 13.2. The van der Waals surface area contributed by atoms with Crippen LogP contribution in [-0.4, -0.2) is 31.7 Å². The van der Waals surface area contributed by atoms with Gasteiger partial charge in [-0.25, -0.2) is 8.42 Å². The zero-order valence-electron chi connectivity index (χ0n) is 15.9. The number of amides is 1. The van der Waals surface area contributed by atoms with E-state index in [1.54, 1.807) is 22.5 Å². The molecule has 0 unspecified atom stereocenters. The van der Waals surface area contributed by atoms with Crippen LogP contribution in [0.2, 0.25) is 0 Å². The molecule has 1 N–H and O–H groups in total. The van der Waals surface area contributed by atoms with Gasteiger partial charge in [0.15, 0.2) is 0 Å². The Morgan fingerprint density at radius 1 is 1.07 bits per heavy atom. The lowest BCUT2D eigenvalue weighted by Gasteiger charge is -2.22. The lowest BCUT2D eigenvalue weighted by atomic mass is 9.93. The van der Waals surface area contributed by atoms with Crippen molar-refractivity contribution in [1.82, 2.24) is 4.31 Å². The van der Waals surface area contributed by atoms with Gasteiger partial charge in [0.2, 0.25) is 15.9 Å². The van der Waals surface area contributed by atoms with Crippen molar-refractivity contribution in [2.24, 2.45) is 17.8 Å². The minimum Gasteiger partial charge on any atom is -0.326 e. The Morgan fingerprint density at radius 3 is 2.44 bits per heavy atom. The molecule has 0 radical (unpaired) electrons. The van der Waals surface area contributed by atoms with Gasteiger partial charge in [0.05, 0.1) is 4.90 Å². The number of nitrogens with one attached hydrogen (secondary N) is 1. The topological polar surface area (TPSA) is 66.5 Å². The Balaban J connectivity index is 1.54. The fourth-order valence-electron chi connectivity index (χ4n) is 4.69. The number of anilines is 1. The van der Waals surface area contributed by atoms with Crippen LogP contribution in [0.15, 0.2) is 35.2 Å². The summed E-state index contributed by atoms with van der Waals surface area (Å²) in [6.45, 7) is 2.97. The average Bonchev–Trinajstić information content (AvgIpc) is 3.17. The van der Waals surface area contributed by atoms with E-state index in [0.717, 1.165) is 44.1 Å². The second-order valence-electron chi connectivity index (χ2n) is 8.17. The van der Waals surface area contributed by atoms with Gasteiger partial charge < -0.3 is 5.32 Å². The van der Waals surface area contributed by atoms with Crippen LogP contribution in [0.25, 0.3) is 0 Å². The molecule has 1 heterocycles. The lowest BCUT2D eigenvalue weighted by molar-refractivity contribution is -0.120. The van der Waals surface area contributed by atoms with Crippen LogP contribution in [0.5, 0.6) is 0 Å². The summed E-state index contributed by atoms with van der Waals surface area (Å²) >= 11 is 0. The van der Waals surface area contributed by atoms with E-state index in [4.69, 9.17) is 0 Å². The molecule has 0 spiro atoms. The van der Waals surface area contributed by atoms with Crippen LogP contribution in [0.4, 0.5) is 5.69 Å². The van der Waals surface area contributed by atoms with Crippen LogP contribution in [0.1, 0.15) is 44.1 Å². The molecule has 1 aliphatic heterocycles. The Kier molecular flexibility index (Phi) is 5.12. The van der Waals surface area contributed by atoms with Crippen LogP contribution >= 0.6 is 0 Å². The lowest BCUT2D eigenvalue weighted by Crippen LogP contribution is -2.32. The van der Waals surface area contributed by atoms with Crippen molar-refractivity contribution in [1.29, 1.82) is 0 Å². The molecule has 5 nitrogen and oxygen atoms in total. The van der Waals surface area contributed by atoms with Crippen molar-refractivity contribution < 1.29 is 13.2 Å². The highest BCUT2D eigenvalue weighted by Crippen LogP contribution is 2.43. The molecule has 3 atom stereocenters. The zero-order valence-corrected chi connectivity index (χ0v) is 16.7. The Bertz CT molecular complexity index is 854. The molecule has 1 saturated carbocycles. The largest absolute Gasteiger partial charge is 0.326 e. The number of fused-ring (bicyclic) bond motifs is 2. The number of nitrogens with zero attached hydrogens (tertiary/aromatic N) is 1. The summed E-state index contributed by atoms with van der Waals surface area (Å²) in [6, 6.07) is 5.23. The first-order valence-electron chi connectivity index (χ1n) is 10.0. The van der Waals surface area contributed by atoms with Crippen LogP contribution in [0, 0.1) is 24.7 Å². The number of hydrogen-bond donors (Lipinski definition) is 1. The number of benzene rings is 1. The first kappa shape index (κ1) is 18.7. The second kappa shape index (κ2) is 7.40. The Labute approximate surface area is 161 Å². The first-order chi connectivity index (χ1) is 12.9. The average molecular weight is 389 g/mol. The van der Waals surface area contributed by atoms with E-state index in [-0.39, 0.29) is 11.8 Å². The molecule has 2 bridgehead atoms. The van der Waals surface area contributed by atoms with E-state index >= 15 is 0 Å². The van der Waals surface area contributed by atoms with Crippen molar-refractivity contribution in [2.75, 3.05) is 18.4 Å². The molecule has 1 aromatic rings. The van der Waals surface area contributed by atoms with E-state index in [9.17, 15) is 13.2 Å². The smallest absolute Gasteiger partial charge is 0.243 e. The van der Waals surface area contributed by atoms with E-state index in [2.05, 4.69) is 17.5 Å². The third kappa shape index (κ3) is 3.69. The van der Waals surface area contributed by atoms with E-state index < -0.39 is 10.0 Å². The molecule has 2 aliphatic carbocycles. The summed E-state index contributed by atoms with van der Waals surface area (Å²) in [5.41, 5.74) is 1.30. The van der Waals surface area contributed by atoms with Crippen molar-refractivity contribution in [2.45, 2.75) is 50.3 Å². The molecular weight excluding hydrogens is 360 g/mol. The van der Waals surface area contributed by atoms with Gasteiger partial charge >= 0.3 is 0 Å². The minimum absolute atomic E-state index is 0.00645. The summed E-state index contributed by atoms with van der Waals surface area (Å²) in [6.07, 6.45) is 10.3. The van der Waals surface area contributed by atoms with E-state index in [1.807, 2.05) is 6.92 Å². The van der Waals surface area contributed by atoms with Gasteiger partial charge in [-0.05, 0) is 62.1 Å². The Hall–Kier alpha value is -1.66. The van der Waals surface area contributed by atoms with Gasteiger partial charge in [0.1, 0.15) is 0 Å². The van der Waals surface area contributed by atoms with Crippen LogP contribution in [0.3, 0.4) is 0 Å². The second-order valence-corrected chi connectivity index (χ2v) is 10.1. The summed E-state index contributed by atoms with van der Waals surface area (Å²) in [5.74, 6) is 0.879. The molecule has 6 heteroatoms. The van der Waals surface area contributed by atoms with Crippen LogP contribution < -0.4 is 5.32 Å². The zero-order chi connectivity index (χ0) is 19.0. The highest BCUT2D eigenvalue weighted by molar-refractivity contribution is 7.89. The number of carbonyl (C=O) groups is 1. The number of carbonyl (C=O) groups excluding carboxylic acids is 1. The minimum atomic E-state index is -3.53. The van der Waals surface area contributed by atoms with Gasteiger partial charge in [-0.2, -0.15) is 4.31 Å². The highest BCUT2D eigenvalue weighted by atomic mass is 32.2. The number of allylic oxidation sites excluding steroid dienone is 2. The Morgan fingerprint density at radius 2 is 1.81 bits per heavy atom. The molecule has 4 rings (SSSR count). The molecule has 146 valence electrons. The van der Waals surface area contributed by atoms with Gasteiger partial charge in [0.25, 0.3) is 0 Å². The molecule has 1 aromatic carbocycles. The predicted molar refractivity (Wildman–Crippen MR) is 106 cm³/mol. The number of aryl methyl sites for hydroxylation is 1. The van der Waals surface area contributed by atoms with Crippen molar-refractivity contribution >= 4 is 21.6 Å². The summed E-state index contributed by atoms with van der Waals surface area (Å²) in [4.78, 5) is 13.0. The quantitative estimate of drug-likeness (QED) is 0.800. The van der Waals surface area contributed by atoms with Crippen molar-refractivity contribution in [3.05, 3.63) is 35.9 Å². The molecular formula is C21H28N2O3S. The first-order valence-corrected chi connectivity index (χ1v) is 11.5. The van der Waals surface area contributed by atoms with Crippen molar-refractivity contribution in [3.8, 4) is 0 Å². The predicted octanol–water partition coefficient (Wildman–Crippen LogP) is 3.71. The highest BCUT2D eigenvalue weighted by Gasteiger charge is 2.39. The van der Waals surface area contributed by atoms with E-state index in [1.165, 1.54) is 0 Å². The number of sulfonamides is 1. The summed E-state index contributed by atoms with van der Waals surface area (Å²) < 4.78 is 27.9. The molecule has 27 heavy (non-hydrogen) atoms. The number of hydrogen-bond acceptors (Lipinski definition) is 3. The fourth-order valence-corrected chi connectivity index (χ4v) is 6.46. The summed E-state index contributed by atoms with van der Waals surface area (Å²) in [5, 5.41) is 2.97. The van der Waals surface area contributed by atoms with E-state index in [0.29, 0.717) is 35.5 Å².